The van der Waals surface area contributed by atoms with E-state index in [1.807, 2.05) is 0 Å². The maximum absolute atomic E-state index is 13.3. The monoisotopic (exact) mass is 459 g/mol. The van der Waals surface area contributed by atoms with E-state index in [1.54, 1.807) is 0 Å². The van der Waals surface area contributed by atoms with Gasteiger partial charge in [0.25, 0.3) is 0 Å². The van der Waals surface area contributed by atoms with E-state index in [9.17, 15) is 23.4 Å². The first-order chi connectivity index (χ1) is 13.6. The molecule has 0 aromatic heterocycles. The molecule has 0 aliphatic heterocycles. The standard InChI is InChI=1S/C19H22ClNO6S2/c1-12(23)18(28)17(11-22)21(10-13-2-4-14(5-3-13)19(24)25)29(26,27)16-8-6-15(20)7-9-16/h2-9,12,17-18,22-23,28H,10-11H2,1H3,(H,24,25). The lowest BCUT2D eigenvalue weighted by atomic mass is 10.1. The van der Waals surface area contributed by atoms with Gasteiger partial charge in [0.1, 0.15) is 0 Å². The number of thiol groups is 1. The Balaban J connectivity index is 2.49. The normalized spacial score (nSPS) is 15.1. The van der Waals surface area contributed by atoms with Crippen LogP contribution in [0.2, 0.25) is 5.02 Å². The zero-order chi connectivity index (χ0) is 21.8. The number of hydrogen-bond donors (Lipinski definition) is 4. The van der Waals surface area contributed by atoms with Crippen LogP contribution in [0.4, 0.5) is 0 Å². The number of aliphatic hydroxyl groups excluding tert-OH is 2. The minimum atomic E-state index is -4.09. The Kier molecular flexibility index (Phi) is 8.10. The molecule has 0 saturated carbocycles. The zero-order valence-corrected chi connectivity index (χ0v) is 18.0. The summed E-state index contributed by atoms with van der Waals surface area (Å²) in [5, 5.41) is 28.4. The molecule has 3 N–H and O–H groups in total. The molecule has 0 aliphatic rings. The number of benzene rings is 2. The van der Waals surface area contributed by atoms with Crippen LogP contribution in [0, 0.1) is 0 Å². The van der Waals surface area contributed by atoms with Crippen molar-refractivity contribution >= 4 is 40.2 Å². The number of hydrogen-bond acceptors (Lipinski definition) is 6. The van der Waals surface area contributed by atoms with Gasteiger partial charge in [0.15, 0.2) is 0 Å². The maximum atomic E-state index is 13.3. The lowest BCUT2D eigenvalue weighted by molar-refractivity contribution is 0.0696. The van der Waals surface area contributed by atoms with E-state index in [1.165, 1.54) is 55.5 Å². The van der Waals surface area contributed by atoms with Gasteiger partial charge in [-0.2, -0.15) is 16.9 Å². The summed E-state index contributed by atoms with van der Waals surface area (Å²) in [6.45, 7) is 0.730. The highest BCUT2D eigenvalue weighted by Crippen LogP contribution is 2.26. The van der Waals surface area contributed by atoms with E-state index in [2.05, 4.69) is 12.6 Å². The summed E-state index contributed by atoms with van der Waals surface area (Å²) in [6, 6.07) is 10.3. The van der Waals surface area contributed by atoms with Gasteiger partial charge in [-0.3, -0.25) is 0 Å². The van der Waals surface area contributed by atoms with E-state index < -0.39 is 40.0 Å². The smallest absolute Gasteiger partial charge is 0.335 e. The van der Waals surface area contributed by atoms with E-state index >= 15 is 0 Å². The van der Waals surface area contributed by atoms with Gasteiger partial charge >= 0.3 is 5.97 Å². The fourth-order valence-corrected chi connectivity index (χ4v) is 4.84. The van der Waals surface area contributed by atoms with Crippen molar-refractivity contribution in [3.63, 3.8) is 0 Å². The summed E-state index contributed by atoms with van der Waals surface area (Å²) in [5.74, 6) is -1.10. The number of halogens is 1. The molecular weight excluding hydrogens is 438 g/mol. The summed E-state index contributed by atoms with van der Waals surface area (Å²) in [6.07, 6.45) is -0.993. The fourth-order valence-electron chi connectivity index (χ4n) is 2.75. The van der Waals surface area contributed by atoms with Gasteiger partial charge in [-0.25, -0.2) is 13.2 Å². The van der Waals surface area contributed by atoms with Gasteiger partial charge < -0.3 is 15.3 Å². The molecule has 158 valence electrons. The molecule has 3 atom stereocenters. The maximum Gasteiger partial charge on any atom is 0.335 e. The molecule has 10 heteroatoms. The Bertz CT molecular complexity index is 932. The van der Waals surface area contributed by atoms with Crippen molar-refractivity contribution in [2.75, 3.05) is 6.61 Å². The largest absolute Gasteiger partial charge is 0.478 e. The Morgan fingerprint density at radius 1 is 1.14 bits per heavy atom. The van der Waals surface area contributed by atoms with E-state index in [-0.39, 0.29) is 17.0 Å². The molecule has 29 heavy (non-hydrogen) atoms. The van der Waals surface area contributed by atoms with Crippen LogP contribution < -0.4 is 0 Å². The third-order valence-corrected chi connectivity index (χ3v) is 7.32. The first-order valence-corrected chi connectivity index (χ1v) is 11.0. The number of aromatic carboxylic acids is 1. The Hall–Kier alpha value is -1.62. The van der Waals surface area contributed by atoms with Crippen LogP contribution in [0.25, 0.3) is 0 Å². The predicted molar refractivity (Wildman–Crippen MR) is 113 cm³/mol. The summed E-state index contributed by atoms with van der Waals surface area (Å²) in [4.78, 5) is 11.0. The average molecular weight is 460 g/mol. The Labute approximate surface area is 180 Å². The Morgan fingerprint density at radius 2 is 1.69 bits per heavy atom. The molecular formula is C19H22ClNO6S2. The van der Waals surface area contributed by atoms with Gasteiger partial charge in [0.2, 0.25) is 10.0 Å². The molecule has 0 radical (unpaired) electrons. The van der Waals surface area contributed by atoms with E-state index in [0.717, 1.165) is 4.31 Å². The number of carbonyl (C=O) groups is 1. The molecule has 0 bridgehead atoms. The lowest BCUT2D eigenvalue weighted by Crippen LogP contribution is -2.50. The van der Waals surface area contributed by atoms with Gasteiger partial charge in [-0.05, 0) is 48.9 Å². The summed E-state index contributed by atoms with van der Waals surface area (Å²) >= 11 is 10.1. The number of sulfonamides is 1. The molecule has 7 nitrogen and oxygen atoms in total. The van der Waals surface area contributed by atoms with Crippen LogP contribution in [-0.4, -0.2) is 58.0 Å². The van der Waals surface area contributed by atoms with Gasteiger partial charge in [-0.1, -0.05) is 23.7 Å². The van der Waals surface area contributed by atoms with Crippen LogP contribution in [0.1, 0.15) is 22.8 Å². The second-order valence-electron chi connectivity index (χ2n) is 6.49. The first kappa shape index (κ1) is 23.7. The third-order valence-electron chi connectivity index (χ3n) is 4.40. The first-order valence-electron chi connectivity index (χ1n) is 8.64. The second kappa shape index (κ2) is 9.92. The lowest BCUT2D eigenvalue weighted by Gasteiger charge is -2.34. The number of nitrogens with zero attached hydrogens (tertiary/aromatic N) is 1. The van der Waals surface area contributed by atoms with Gasteiger partial charge in [0, 0.05) is 16.8 Å². The quantitative estimate of drug-likeness (QED) is 0.427. The van der Waals surface area contributed by atoms with Crippen molar-refractivity contribution < 1.29 is 28.5 Å². The molecule has 0 heterocycles. The van der Waals surface area contributed by atoms with Crippen molar-refractivity contribution in [2.45, 2.75) is 35.8 Å². The van der Waals surface area contributed by atoms with Crippen LogP contribution in [0.15, 0.2) is 53.4 Å². The number of aliphatic hydroxyl groups is 2. The van der Waals surface area contributed by atoms with Crippen molar-refractivity contribution in [3.05, 3.63) is 64.7 Å². The molecule has 0 aliphatic carbocycles. The summed E-state index contributed by atoms with van der Waals surface area (Å²) in [7, 11) is -4.09. The molecule has 2 rings (SSSR count). The highest BCUT2D eigenvalue weighted by atomic mass is 35.5. The van der Waals surface area contributed by atoms with Crippen LogP contribution in [0.3, 0.4) is 0 Å². The molecule has 0 fully saturated rings. The minimum absolute atomic E-state index is 0.0337. The highest BCUT2D eigenvalue weighted by Gasteiger charge is 2.36. The van der Waals surface area contributed by atoms with Crippen LogP contribution >= 0.6 is 24.2 Å². The third kappa shape index (κ3) is 5.71. The Morgan fingerprint density at radius 3 is 2.14 bits per heavy atom. The SMILES string of the molecule is CC(O)C(S)C(CO)N(Cc1ccc(C(=O)O)cc1)S(=O)(=O)c1ccc(Cl)cc1. The average Bonchev–Trinajstić information content (AvgIpc) is 2.68. The van der Waals surface area contributed by atoms with Crippen LogP contribution in [0.5, 0.6) is 0 Å². The predicted octanol–water partition coefficient (Wildman–Crippen LogP) is 2.27. The summed E-state index contributed by atoms with van der Waals surface area (Å²) in [5.41, 5.74) is 0.577. The van der Waals surface area contributed by atoms with Gasteiger partial charge in [-0.15, -0.1) is 0 Å². The zero-order valence-electron chi connectivity index (χ0n) is 15.5. The van der Waals surface area contributed by atoms with Crippen molar-refractivity contribution in [1.82, 2.24) is 4.31 Å². The minimum Gasteiger partial charge on any atom is -0.478 e. The molecule has 0 amide bonds. The molecule has 0 spiro atoms. The fraction of sp³-hybridized carbons (Fsp3) is 0.316. The molecule has 3 unspecified atom stereocenters. The number of carboxylic acids is 1. The molecule has 0 saturated heterocycles. The number of rotatable bonds is 9. The van der Waals surface area contributed by atoms with E-state index in [4.69, 9.17) is 16.7 Å². The molecule has 2 aromatic rings. The molecule has 2 aromatic carbocycles. The van der Waals surface area contributed by atoms with E-state index in [0.29, 0.717) is 10.6 Å². The van der Waals surface area contributed by atoms with Crippen molar-refractivity contribution in [1.29, 1.82) is 0 Å². The highest BCUT2D eigenvalue weighted by molar-refractivity contribution is 7.89. The van der Waals surface area contributed by atoms with Crippen LogP contribution in [-0.2, 0) is 16.6 Å². The van der Waals surface area contributed by atoms with Crippen molar-refractivity contribution in [3.8, 4) is 0 Å². The second-order valence-corrected chi connectivity index (χ2v) is 9.41. The number of carboxylic acid groups (broad SMARTS) is 1. The summed E-state index contributed by atoms with van der Waals surface area (Å²) < 4.78 is 27.7. The van der Waals surface area contributed by atoms with Gasteiger partial charge in [0.05, 0.1) is 29.2 Å². The topological polar surface area (TPSA) is 115 Å². The van der Waals surface area contributed by atoms with Crippen molar-refractivity contribution in [2.24, 2.45) is 0 Å².